The summed E-state index contributed by atoms with van der Waals surface area (Å²) >= 11 is 0. The highest BCUT2D eigenvalue weighted by Crippen LogP contribution is 2.01. The zero-order valence-corrected chi connectivity index (χ0v) is 7.13. The Morgan fingerprint density at radius 2 is 2.18 bits per heavy atom. The van der Waals surface area contributed by atoms with Crippen LogP contribution in [0.2, 0.25) is 0 Å². The average molecular weight is 158 g/mol. The van der Waals surface area contributed by atoms with Gasteiger partial charge in [0.2, 0.25) is 0 Å². The van der Waals surface area contributed by atoms with Crippen LogP contribution in [0, 0.1) is 0 Å². The third-order valence-electron chi connectivity index (χ3n) is 1.30. The van der Waals surface area contributed by atoms with Crippen molar-refractivity contribution in [1.82, 2.24) is 0 Å². The molecule has 0 aliphatic carbocycles. The fourth-order valence-corrected chi connectivity index (χ4v) is 0.641. The van der Waals surface area contributed by atoms with Gasteiger partial charge in [-0.25, -0.2) is 4.79 Å². The second-order valence-electron chi connectivity index (χ2n) is 2.58. The van der Waals surface area contributed by atoms with Crippen LogP contribution in [0.15, 0.2) is 11.6 Å². The molecule has 0 heterocycles. The molecule has 0 rings (SSSR count). The number of rotatable bonds is 4. The minimum absolute atomic E-state index is 0.439. The van der Waals surface area contributed by atoms with Gasteiger partial charge in [0.05, 0.1) is 0 Å². The quantitative estimate of drug-likeness (QED) is 0.630. The molecule has 0 spiro atoms. The predicted molar refractivity (Wildman–Crippen MR) is 42.5 cm³/mol. The van der Waals surface area contributed by atoms with Crippen molar-refractivity contribution in [3.8, 4) is 0 Å². The molecule has 0 aromatic carbocycles. The molecule has 0 radical (unpaired) electrons. The number of methoxy groups -OCH3 is 1. The topological polar surface area (TPSA) is 46.5 Å². The Morgan fingerprint density at radius 1 is 1.64 bits per heavy atom. The van der Waals surface area contributed by atoms with Gasteiger partial charge in [-0.3, -0.25) is 0 Å². The highest BCUT2D eigenvalue weighted by molar-refractivity contribution is 5.72. The van der Waals surface area contributed by atoms with Crippen LogP contribution in [-0.2, 0) is 9.53 Å². The first-order valence-electron chi connectivity index (χ1n) is 3.47. The first-order chi connectivity index (χ1) is 5.07. The lowest BCUT2D eigenvalue weighted by Gasteiger charge is -2.06. The van der Waals surface area contributed by atoms with E-state index in [9.17, 15) is 4.79 Å². The zero-order chi connectivity index (χ0) is 8.85. The Balaban J connectivity index is 3.89. The molecule has 0 bridgehead atoms. The molecular formula is C8H14O3. The minimum Gasteiger partial charge on any atom is -0.479 e. The lowest BCUT2D eigenvalue weighted by atomic mass is 10.2. The first kappa shape index (κ1) is 10.2. The summed E-state index contributed by atoms with van der Waals surface area (Å²) in [5.74, 6) is -0.912. The van der Waals surface area contributed by atoms with Crippen molar-refractivity contribution in [2.24, 2.45) is 0 Å². The van der Waals surface area contributed by atoms with Gasteiger partial charge in [0.25, 0.3) is 0 Å². The number of hydrogen-bond acceptors (Lipinski definition) is 2. The van der Waals surface area contributed by atoms with E-state index in [2.05, 4.69) is 0 Å². The van der Waals surface area contributed by atoms with Crippen LogP contribution < -0.4 is 0 Å². The first-order valence-corrected chi connectivity index (χ1v) is 3.47. The van der Waals surface area contributed by atoms with Crippen LogP contribution in [0.4, 0.5) is 0 Å². The maximum absolute atomic E-state index is 10.4. The normalized spacial score (nSPS) is 12.3. The molecule has 1 N–H and O–H groups in total. The molecule has 1 atom stereocenters. The Morgan fingerprint density at radius 3 is 2.45 bits per heavy atom. The number of carboxylic acids is 1. The fourth-order valence-electron chi connectivity index (χ4n) is 0.641. The van der Waals surface area contributed by atoms with E-state index in [0.29, 0.717) is 6.42 Å². The summed E-state index contributed by atoms with van der Waals surface area (Å²) in [7, 11) is 1.40. The van der Waals surface area contributed by atoms with E-state index < -0.39 is 12.1 Å². The van der Waals surface area contributed by atoms with Crippen molar-refractivity contribution < 1.29 is 14.6 Å². The fraction of sp³-hybridized carbons (Fsp3) is 0.625. The van der Waals surface area contributed by atoms with E-state index in [1.807, 2.05) is 19.9 Å². The van der Waals surface area contributed by atoms with Gasteiger partial charge in [0.15, 0.2) is 6.10 Å². The molecule has 0 aromatic rings. The van der Waals surface area contributed by atoms with Crippen LogP contribution in [0.5, 0.6) is 0 Å². The van der Waals surface area contributed by atoms with E-state index in [4.69, 9.17) is 9.84 Å². The highest BCUT2D eigenvalue weighted by Gasteiger charge is 2.13. The second-order valence-corrected chi connectivity index (χ2v) is 2.58. The van der Waals surface area contributed by atoms with Gasteiger partial charge < -0.3 is 9.84 Å². The van der Waals surface area contributed by atoms with E-state index in [1.54, 1.807) is 0 Å². The summed E-state index contributed by atoms with van der Waals surface area (Å²) in [6.45, 7) is 3.85. The van der Waals surface area contributed by atoms with Gasteiger partial charge in [-0.1, -0.05) is 11.6 Å². The molecule has 11 heavy (non-hydrogen) atoms. The van der Waals surface area contributed by atoms with E-state index in [1.165, 1.54) is 7.11 Å². The van der Waals surface area contributed by atoms with Crippen LogP contribution in [0.25, 0.3) is 0 Å². The molecule has 1 unspecified atom stereocenters. The molecule has 0 amide bonds. The monoisotopic (exact) mass is 158 g/mol. The SMILES string of the molecule is COC(CC=C(C)C)C(=O)O. The zero-order valence-electron chi connectivity index (χ0n) is 7.13. The predicted octanol–water partition coefficient (Wildman–Crippen LogP) is 1.44. The van der Waals surface area contributed by atoms with Crippen molar-refractivity contribution in [2.45, 2.75) is 26.4 Å². The smallest absolute Gasteiger partial charge is 0.333 e. The summed E-state index contributed by atoms with van der Waals surface area (Å²) < 4.78 is 4.72. The molecule has 0 aliphatic rings. The van der Waals surface area contributed by atoms with Gasteiger partial charge in [0.1, 0.15) is 0 Å². The van der Waals surface area contributed by atoms with Gasteiger partial charge in [-0.2, -0.15) is 0 Å². The van der Waals surface area contributed by atoms with Crippen molar-refractivity contribution in [1.29, 1.82) is 0 Å². The lowest BCUT2D eigenvalue weighted by molar-refractivity contribution is -0.148. The molecule has 3 heteroatoms. The number of ether oxygens (including phenoxy) is 1. The summed E-state index contributed by atoms with van der Waals surface area (Å²) in [5, 5.41) is 8.53. The van der Waals surface area contributed by atoms with Crippen LogP contribution in [0.3, 0.4) is 0 Å². The molecule has 0 saturated carbocycles. The maximum atomic E-state index is 10.4. The van der Waals surface area contributed by atoms with Crippen LogP contribution in [0.1, 0.15) is 20.3 Å². The summed E-state index contributed by atoms with van der Waals surface area (Å²) in [6, 6.07) is 0. The van der Waals surface area contributed by atoms with Crippen molar-refractivity contribution in [3.63, 3.8) is 0 Å². The van der Waals surface area contributed by atoms with Gasteiger partial charge in [-0.05, 0) is 13.8 Å². The Kier molecular flexibility index (Phi) is 4.54. The van der Waals surface area contributed by atoms with Gasteiger partial charge in [0, 0.05) is 13.5 Å². The lowest BCUT2D eigenvalue weighted by Crippen LogP contribution is -2.21. The largest absolute Gasteiger partial charge is 0.479 e. The Labute approximate surface area is 66.7 Å². The average Bonchev–Trinajstić information content (AvgIpc) is 1.87. The number of hydrogen-bond donors (Lipinski definition) is 1. The van der Waals surface area contributed by atoms with Gasteiger partial charge >= 0.3 is 5.97 Å². The van der Waals surface area contributed by atoms with Gasteiger partial charge in [-0.15, -0.1) is 0 Å². The number of carbonyl (C=O) groups is 1. The summed E-state index contributed by atoms with van der Waals surface area (Å²) in [6.07, 6.45) is 1.58. The van der Waals surface area contributed by atoms with Crippen molar-refractivity contribution >= 4 is 5.97 Å². The molecule has 0 saturated heterocycles. The molecule has 64 valence electrons. The van der Waals surface area contributed by atoms with Crippen LogP contribution >= 0.6 is 0 Å². The van der Waals surface area contributed by atoms with E-state index >= 15 is 0 Å². The Hall–Kier alpha value is -0.830. The van der Waals surface area contributed by atoms with E-state index in [0.717, 1.165) is 5.57 Å². The third kappa shape index (κ3) is 4.56. The number of allylic oxidation sites excluding steroid dienone is 1. The molecular weight excluding hydrogens is 144 g/mol. The molecule has 0 aliphatic heterocycles. The van der Waals surface area contributed by atoms with E-state index in [-0.39, 0.29) is 0 Å². The Bertz CT molecular complexity index is 157. The highest BCUT2D eigenvalue weighted by atomic mass is 16.5. The molecule has 0 aromatic heterocycles. The standard InChI is InChI=1S/C8H14O3/c1-6(2)4-5-7(11-3)8(9)10/h4,7H,5H2,1-3H3,(H,9,10). The molecule has 0 fully saturated rings. The summed E-state index contributed by atoms with van der Waals surface area (Å²) in [4.78, 5) is 10.4. The number of carboxylic acid groups (broad SMARTS) is 1. The third-order valence-corrected chi connectivity index (χ3v) is 1.30. The van der Waals surface area contributed by atoms with Crippen molar-refractivity contribution in [3.05, 3.63) is 11.6 Å². The second kappa shape index (κ2) is 4.91. The van der Waals surface area contributed by atoms with Crippen LogP contribution in [-0.4, -0.2) is 24.3 Å². The number of aliphatic carboxylic acids is 1. The van der Waals surface area contributed by atoms with Crippen molar-refractivity contribution in [2.75, 3.05) is 7.11 Å². The maximum Gasteiger partial charge on any atom is 0.333 e. The minimum atomic E-state index is -0.912. The molecule has 3 nitrogen and oxygen atoms in total. The summed E-state index contributed by atoms with van der Waals surface area (Å²) in [5.41, 5.74) is 1.10.